The molecule has 0 heterocycles. The molecule has 2 nitrogen and oxygen atoms in total. The largest absolute Gasteiger partial charge is 0.387 e. The Morgan fingerprint density at radius 3 is 2.60 bits per heavy atom. The van der Waals surface area contributed by atoms with Crippen LogP contribution in [0.4, 0.5) is 0 Å². The summed E-state index contributed by atoms with van der Waals surface area (Å²) in [4.78, 5) is 10.8. The predicted molar refractivity (Wildman–Crippen MR) is 64.7 cm³/mol. The van der Waals surface area contributed by atoms with Crippen LogP contribution in [-0.4, -0.2) is 17.0 Å². The molecular weight excluding hydrogens is 256 g/mol. The van der Waals surface area contributed by atoms with Gasteiger partial charge in [0.25, 0.3) is 0 Å². The first kappa shape index (κ1) is 12.1. The van der Waals surface area contributed by atoms with Crippen LogP contribution in [0.5, 0.6) is 0 Å². The average molecular weight is 269 g/mol. The fourth-order valence-electron chi connectivity index (χ4n) is 1.17. The maximum Gasteiger partial charge on any atom is 0.132 e. The first-order valence-corrected chi connectivity index (χ1v) is 5.48. The Bertz CT molecular complexity index is 357. The zero-order valence-electron chi connectivity index (χ0n) is 8.48. The van der Waals surface area contributed by atoms with E-state index < -0.39 is 6.10 Å². The molecule has 0 aliphatic heterocycles. The van der Waals surface area contributed by atoms with Gasteiger partial charge in [-0.05, 0) is 18.6 Å². The van der Waals surface area contributed by atoms with Crippen LogP contribution in [0.3, 0.4) is 0 Å². The number of benzene rings is 1. The molecule has 1 aromatic carbocycles. The zero-order valence-corrected chi connectivity index (χ0v) is 10.1. The van der Waals surface area contributed by atoms with Crippen LogP contribution in [0, 0.1) is 0 Å². The highest BCUT2D eigenvalue weighted by atomic mass is 79.9. The average Bonchev–Trinajstić information content (AvgIpc) is 2.18. The molecule has 0 aromatic heterocycles. The van der Waals surface area contributed by atoms with Crippen molar-refractivity contribution < 1.29 is 9.90 Å². The van der Waals surface area contributed by atoms with Crippen LogP contribution in [0.2, 0.25) is 0 Å². The van der Waals surface area contributed by atoms with E-state index in [0.29, 0.717) is 4.48 Å². The normalized spacial score (nSPS) is 13.7. The number of hydrogen-bond acceptors (Lipinski definition) is 2. The smallest absolute Gasteiger partial charge is 0.132 e. The van der Waals surface area contributed by atoms with Gasteiger partial charge in [-0.2, -0.15) is 0 Å². The second-order valence-corrected chi connectivity index (χ2v) is 4.28. The minimum absolute atomic E-state index is 0.0269. The zero-order chi connectivity index (χ0) is 11.3. The number of hydrogen-bond donors (Lipinski definition) is 1. The molecule has 0 saturated carbocycles. The first-order valence-electron chi connectivity index (χ1n) is 4.69. The van der Waals surface area contributed by atoms with E-state index in [1.165, 1.54) is 6.92 Å². The molecule has 0 aliphatic carbocycles. The molecule has 80 valence electrons. The van der Waals surface area contributed by atoms with Crippen molar-refractivity contribution in [1.82, 2.24) is 0 Å². The van der Waals surface area contributed by atoms with Crippen LogP contribution in [0.1, 0.15) is 18.9 Å². The maximum absolute atomic E-state index is 10.8. The van der Waals surface area contributed by atoms with Gasteiger partial charge in [-0.15, -0.1) is 0 Å². The van der Waals surface area contributed by atoms with Gasteiger partial charge in [0.15, 0.2) is 0 Å². The molecule has 0 bridgehead atoms. The van der Waals surface area contributed by atoms with E-state index in [-0.39, 0.29) is 12.2 Å². The van der Waals surface area contributed by atoms with Gasteiger partial charge in [0.05, 0.1) is 6.10 Å². The highest BCUT2D eigenvalue weighted by Gasteiger charge is 2.10. The van der Waals surface area contributed by atoms with Gasteiger partial charge in [0.1, 0.15) is 5.78 Å². The minimum atomic E-state index is -0.747. The number of carbonyl (C=O) groups excluding carboxylic acids is 1. The second kappa shape index (κ2) is 5.83. The lowest BCUT2D eigenvalue weighted by Crippen LogP contribution is -2.10. The van der Waals surface area contributed by atoms with Crippen LogP contribution in [-0.2, 0) is 4.79 Å². The SMILES string of the molecule is CC(=O)CC(O)/C(Br)=C/c1ccccc1. The minimum Gasteiger partial charge on any atom is -0.387 e. The van der Waals surface area contributed by atoms with Crippen molar-refractivity contribution in [2.75, 3.05) is 0 Å². The van der Waals surface area contributed by atoms with Crippen molar-refractivity contribution in [3.8, 4) is 0 Å². The van der Waals surface area contributed by atoms with Gasteiger partial charge in [-0.1, -0.05) is 46.3 Å². The van der Waals surface area contributed by atoms with E-state index in [1.54, 1.807) is 0 Å². The molecule has 0 saturated heterocycles. The highest BCUT2D eigenvalue weighted by Crippen LogP contribution is 2.18. The van der Waals surface area contributed by atoms with Crippen molar-refractivity contribution in [2.24, 2.45) is 0 Å². The lowest BCUT2D eigenvalue weighted by Gasteiger charge is -2.07. The molecule has 0 aliphatic rings. The van der Waals surface area contributed by atoms with E-state index in [4.69, 9.17) is 0 Å². The van der Waals surface area contributed by atoms with Gasteiger partial charge >= 0.3 is 0 Å². The van der Waals surface area contributed by atoms with Crippen molar-refractivity contribution in [3.05, 3.63) is 40.4 Å². The Hall–Kier alpha value is -0.930. The van der Waals surface area contributed by atoms with Crippen molar-refractivity contribution in [3.63, 3.8) is 0 Å². The Morgan fingerprint density at radius 1 is 1.47 bits per heavy atom. The van der Waals surface area contributed by atoms with E-state index in [2.05, 4.69) is 15.9 Å². The van der Waals surface area contributed by atoms with Gasteiger partial charge in [-0.3, -0.25) is 4.79 Å². The molecular formula is C12H13BrO2. The van der Waals surface area contributed by atoms with Crippen LogP contribution >= 0.6 is 15.9 Å². The standard InChI is InChI=1S/C12H13BrO2/c1-9(14)7-12(15)11(13)8-10-5-3-2-4-6-10/h2-6,8,12,15H,7H2,1H3/b11-8-. The summed E-state index contributed by atoms with van der Waals surface area (Å²) < 4.78 is 0.629. The number of rotatable bonds is 4. The molecule has 0 radical (unpaired) electrons. The summed E-state index contributed by atoms with van der Waals surface area (Å²) in [5, 5.41) is 9.61. The number of Topliss-reactive ketones (excluding diaryl/α,β-unsaturated/α-hetero) is 1. The third-order valence-corrected chi connectivity index (χ3v) is 2.66. The molecule has 1 unspecified atom stereocenters. The summed E-state index contributed by atoms with van der Waals surface area (Å²) in [6, 6.07) is 9.63. The third kappa shape index (κ3) is 4.40. The van der Waals surface area contributed by atoms with Crippen molar-refractivity contribution in [1.29, 1.82) is 0 Å². The van der Waals surface area contributed by atoms with Gasteiger partial charge in [0.2, 0.25) is 0 Å². The second-order valence-electron chi connectivity index (χ2n) is 3.36. The summed E-state index contributed by atoms with van der Waals surface area (Å²) in [5.74, 6) is -0.0269. The Balaban J connectivity index is 2.71. The third-order valence-electron chi connectivity index (χ3n) is 1.90. The van der Waals surface area contributed by atoms with Gasteiger partial charge < -0.3 is 5.11 Å². The van der Waals surface area contributed by atoms with Crippen LogP contribution in [0.25, 0.3) is 6.08 Å². The molecule has 1 aromatic rings. The number of aliphatic hydroxyl groups excluding tert-OH is 1. The van der Waals surface area contributed by atoms with Gasteiger partial charge in [-0.25, -0.2) is 0 Å². The van der Waals surface area contributed by atoms with E-state index in [1.807, 2.05) is 36.4 Å². The van der Waals surface area contributed by atoms with Crippen LogP contribution < -0.4 is 0 Å². The fourth-order valence-corrected chi connectivity index (χ4v) is 1.60. The summed E-state index contributed by atoms with van der Waals surface area (Å²) in [6.45, 7) is 1.46. The van der Waals surface area contributed by atoms with E-state index >= 15 is 0 Å². The topological polar surface area (TPSA) is 37.3 Å². The summed E-state index contributed by atoms with van der Waals surface area (Å²) >= 11 is 3.27. The number of aliphatic hydroxyl groups is 1. The lowest BCUT2D eigenvalue weighted by atomic mass is 10.1. The van der Waals surface area contributed by atoms with Gasteiger partial charge in [0, 0.05) is 10.9 Å². The number of halogens is 1. The highest BCUT2D eigenvalue weighted by molar-refractivity contribution is 9.11. The molecule has 1 N–H and O–H groups in total. The maximum atomic E-state index is 10.8. The molecule has 15 heavy (non-hydrogen) atoms. The fraction of sp³-hybridized carbons (Fsp3) is 0.250. The van der Waals surface area contributed by atoms with E-state index in [9.17, 15) is 9.90 Å². The lowest BCUT2D eigenvalue weighted by molar-refractivity contribution is -0.118. The molecule has 0 amide bonds. The number of carbonyl (C=O) groups is 1. The molecule has 0 spiro atoms. The molecule has 1 rings (SSSR count). The van der Waals surface area contributed by atoms with E-state index in [0.717, 1.165) is 5.56 Å². The summed E-state index contributed by atoms with van der Waals surface area (Å²) in [5.41, 5.74) is 0.993. The first-order chi connectivity index (χ1) is 7.09. The molecule has 1 atom stereocenters. The Labute approximate surface area is 97.8 Å². The quantitative estimate of drug-likeness (QED) is 0.912. The predicted octanol–water partition coefficient (Wildman–Crippen LogP) is 2.76. The Kier molecular flexibility index (Phi) is 4.72. The number of ketones is 1. The van der Waals surface area contributed by atoms with Crippen molar-refractivity contribution in [2.45, 2.75) is 19.4 Å². The van der Waals surface area contributed by atoms with Crippen molar-refractivity contribution >= 4 is 27.8 Å². The summed E-state index contributed by atoms with van der Waals surface area (Å²) in [7, 11) is 0. The van der Waals surface area contributed by atoms with Crippen LogP contribution in [0.15, 0.2) is 34.8 Å². The monoisotopic (exact) mass is 268 g/mol. The molecule has 0 fully saturated rings. The summed E-state index contributed by atoms with van der Waals surface area (Å²) in [6.07, 6.45) is 1.21. The Morgan fingerprint density at radius 2 is 2.07 bits per heavy atom. The molecule has 3 heteroatoms.